The van der Waals surface area contributed by atoms with Crippen molar-refractivity contribution in [3.63, 3.8) is 0 Å². The summed E-state index contributed by atoms with van der Waals surface area (Å²) in [7, 11) is 1.77. The summed E-state index contributed by atoms with van der Waals surface area (Å²) in [5.41, 5.74) is 0.668. The summed E-state index contributed by atoms with van der Waals surface area (Å²) in [6, 6.07) is 0. The highest BCUT2D eigenvalue weighted by molar-refractivity contribution is 4.88. The van der Waals surface area contributed by atoms with Crippen molar-refractivity contribution in [1.82, 2.24) is 5.32 Å². The fraction of sp³-hybridized carbons (Fsp3) is 1.00. The molecule has 0 unspecified atom stereocenters. The monoisotopic (exact) mass is 199 g/mol. The van der Waals surface area contributed by atoms with Crippen molar-refractivity contribution >= 4 is 0 Å². The zero-order chi connectivity index (χ0) is 10.3. The van der Waals surface area contributed by atoms with Gasteiger partial charge < -0.3 is 10.1 Å². The number of hydrogen-bond acceptors (Lipinski definition) is 2. The highest BCUT2D eigenvalue weighted by Gasteiger charge is 2.34. The molecule has 1 aliphatic rings. The van der Waals surface area contributed by atoms with E-state index in [-0.39, 0.29) is 0 Å². The lowest BCUT2D eigenvalue weighted by Gasteiger charge is -2.41. The highest BCUT2D eigenvalue weighted by atomic mass is 16.5. The van der Waals surface area contributed by atoms with Gasteiger partial charge in [0, 0.05) is 20.3 Å². The summed E-state index contributed by atoms with van der Waals surface area (Å²) >= 11 is 0. The second kappa shape index (κ2) is 6.41. The Kier molecular flexibility index (Phi) is 5.49. The van der Waals surface area contributed by atoms with E-state index in [9.17, 15) is 0 Å². The van der Waals surface area contributed by atoms with Gasteiger partial charge in [-0.15, -0.1) is 0 Å². The second-order valence-electron chi connectivity index (χ2n) is 4.58. The Morgan fingerprint density at radius 3 is 2.57 bits per heavy atom. The van der Waals surface area contributed by atoms with Gasteiger partial charge >= 0.3 is 0 Å². The Hall–Kier alpha value is -0.0800. The summed E-state index contributed by atoms with van der Waals surface area (Å²) in [4.78, 5) is 0. The molecular weight excluding hydrogens is 174 g/mol. The minimum atomic E-state index is 0.668. The lowest BCUT2D eigenvalue weighted by molar-refractivity contribution is 0.123. The first-order valence-electron chi connectivity index (χ1n) is 6.03. The zero-order valence-corrected chi connectivity index (χ0v) is 9.77. The molecule has 2 nitrogen and oxygen atoms in total. The number of rotatable bonds is 8. The zero-order valence-electron chi connectivity index (χ0n) is 9.77. The third-order valence-corrected chi connectivity index (χ3v) is 3.62. The Balaban J connectivity index is 1.92. The van der Waals surface area contributed by atoms with Crippen LogP contribution in [0.15, 0.2) is 0 Å². The first-order chi connectivity index (χ1) is 6.83. The fourth-order valence-corrected chi connectivity index (χ4v) is 2.18. The third-order valence-electron chi connectivity index (χ3n) is 3.62. The molecule has 0 bridgehead atoms. The van der Waals surface area contributed by atoms with E-state index in [0.717, 1.165) is 13.2 Å². The quantitative estimate of drug-likeness (QED) is 0.607. The second-order valence-corrected chi connectivity index (χ2v) is 4.58. The minimum absolute atomic E-state index is 0.668. The molecule has 1 aliphatic carbocycles. The molecule has 0 spiro atoms. The number of unbranched alkanes of at least 4 members (excludes halogenated alkanes) is 1. The van der Waals surface area contributed by atoms with Crippen LogP contribution in [0.25, 0.3) is 0 Å². The van der Waals surface area contributed by atoms with E-state index < -0.39 is 0 Å². The summed E-state index contributed by atoms with van der Waals surface area (Å²) < 4.78 is 5.02. The van der Waals surface area contributed by atoms with Crippen LogP contribution in [-0.2, 0) is 4.74 Å². The molecule has 1 saturated carbocycles. The number of hydrogen-bond donors (Lipinski definition) is 1. The van der Waals surface area contributed by atoms with Crippen LogP contribution >= 0.6 is 0 Å². The van der Waals surface area contributed by atoms with Crippen LogP contribution in [0, 0.1) is 5.41 Å². The number of ether oxygens (including phenoxy) is 1. The molecule has 2 heteroatoms. The van der Waals surface area contributed by atoms with Gasteiger partial charge in [0.05, 0.1) is 0 Å². The Bertz CT molecular complexity index is 138. The Labute approximate surface area is 88.4 Å². The van der Waals surface area contributed by atoms with Gasteiger partial charge in [0.1, 0.15) is 0 Å². The van der Waals surface area contributed by atoms with Gasteiger partial charge in [-0.25, -0.2) is 0 Å². The topological polar surface area (TPSA) is 21.3 Å². The standard InChI is InChI=1S/C12H25NO/c1-3-12(7-6-8-12)11-13-9-4-5-10-14-2/h13H,3-11H2,1-2H3. The highest BCUT2D eigenvalue weighted by Crippen LogP contribution is 2.42. The van der Waals surface area contributed by atoms with Crippen LogP contribution in [0.4, 0.5) is 0 Å². The molecule has 0 aromatic carbocycles. The normalized spacial score (nSPS) is 19.3. The average molecular weight is 199 g/mol. The predicted octanol–water partition coefficient (Wildman–Crippen LogP) is 2.58. The smallest absolute Gasteiger partial charge is 0.0462 e. The van der Waals surface area contributed by atoms with E-state index in [0.29, 0.717) is 5.41 Å². The van der Waals surface area contributed by atoms with Gasteiger partial charge in [-0.05, 0) is 44.1 Å². The van der Waals surface area contributed by atoms with Crippen molar-refractivity contribution in [3.8, 4) is 0 Å². The molecule has 0 aromatic heterocycles. The van der Waals surface area contributed by atoms with Crippen molar-refractivity contribution in [2.24, 2.45) is 5.41 Å². The predicted molar refractivity (Wildman–Crippen MR) is 60.6 cm³/mol. The van der Waals surface area contributed by atoms with Crippen molar-refractivity contribution in [2.45, 2.75) is 45.4 Å². The maximum atomic E-state index is 5.02. The molecule has 14 heavy (non-hydrogen) atoms. The van der Waals surface area contributed by atoms with Crippen molar-refractivity contribution in [2.75, 3.05) is 26.8 Å². The van der Waals surface area contributed by atoms with E-state index in [4.69, 9.17) is 4.74 Å². The van der Waals surface area contributed by atoms with Crippen LogP contribution < -0.4 is 5.32 Å². The van der Waals surface area contributed by atoms with Gasteiger partial charge in [-0.2, -0.15) is 0 Å². The van der Waals surface area contributed by atoms with E-state index in [1.807, 2.05) is 0 Å². The van der Waals surface area contributed by atoms with Crippen LogP contribution in [-0.4, -0.2) is 26.8 Å². The van der Waals surface area contributed by atoms with Gasteiger partial charge in [0.2, 0.25) is 0 Å². The molecule has 0 radical (unpaired) electrons. The number of methoxy groups -OCH3 is 1. The summed E-state index contributed by atoms with van der Waals surface area (Å²) in [5, 5.41) is 3.58. The molecule has 0 atom stereocenters. The fourth-order valence-electron chi connectivity index (χ4n) is 2.18. The lowest BCUT2D eigenvalue weighted by atomic mass is 9.67. The molecule has 1 rings (SSSR count). The first kappa shape index (κ1) is 12.0. The van der Waals surface area contributed by atoms with Crippen LogP contribution in [0.5, 0.6) is 0 Å². The molecule has 0 aliphatic heterocycles. The van der Waals surface area contributed by atoms with Crippen molar-refractivity contribution < 1.29 is 4.74 Å². The van der Waals surface area contributed by atoms with Gasteiger partial charge in [-0.1, -0.05) is 13.3 Å². The molecular formula is C12H25NO. The van der Waals surface area contributed by atoms with Crippen molar-refractivity contribution in [3.05, 3.63) is 0 Å². The maximum Gasteiger partial charge on any atom is 0.0462 e. The van der Waals surface area contributed by atoms with Gasteiger partial charge in [0.15, 0.2) is 0 Å². The van der Waals surface area contributed by atoms with E-state index in [1.165, 1.54) is 45.1 Å². The summed E-state index contributed by atoms with van der Waals surface area (Å²) in [5.74, 6) is 0. The molecule has 1 fully saturated rings. The minimum Gasteiger partial charge on any atom is -0.385 e. The SMILES string of the molecule is CCC1(CNCCCCOC)CCC1. The largest absolute Gasteiger partial charge is 0.385 e. The molecule has 0 amide bonds. The van der Waals surface area contributed by atoms with Gasteiger partial charge in [-0.3, -0.25) is 0 Å². The van der Waals surface area contributed by atoms with Crippen molar-refractivity contribution in [1.29, 1.82) is 0 Å². The molecule has 84 valence electrons. The average Bonchev–Trinajstić information content (AvgIpc) is 2.15. The molecule has 1 N–H and O–H groups in total. The molecule has 0 aromatic rings. The van der Waals surface area contributed by atoms with E-state index >= 15 is 0 Å². The van der Waals surface area contributed by atoms with E-state index in [1.54, 1.807) is 7.11 Å². The first-order valence-corrected chi connectivity index (χ1v) is 6.03. The van der Waals surface area contributed by atoms with Crippen LogP contribution in [0.2, 0.25) is 0 Å². The lowest BCUT2D eigenvalue weighted by Crippen LogP contribution is -2.39. The molecule has 0 heterocycles. The van der Waals surface area contributed by atoms with E-state index in [2.05, 4.69) is 12.2 Å². The molecule has 0 saturated heterocycles. The summed E-state index contributed by atoms with van der Waals surface area (Å²) in [6.07, 6.45) is 8.09. The maximum absolute atomic E-state index is 5.02. The van der Waals surface area contributed by atoms with Gasteiger partial charge in [0.25, 0.3) is 0 Å². The number of nitrogens with one attached hydrogen (secondary N) is 1. The van der Waals surface area contributed by atoms with Crippen LogP contribution in [0.3, 0.4) is 0 Å². The summed E-state index contributed by atoms with van der Waals surface area (Å²) in [6.45, 7) is 5.62. The Morgan fingerprint density at radius 1 is 1.29 bits per heavy atom. The third kappa shape index (κ3) is 3.58. The Morgan fingerprint density at radius 2 is 2.07 bits per heavy atom. The van der Waals surface area contributed by atoms with Crippen LogP contribution in [0.1, 0.15) is 45.4 Å².